The third-order valence-electron chi connectivity index (χ3n) is 2.14. The van der Waals surface area contributed by atoms with Gasteiger partial charge in [0.2, 0.25) is 0 Å². The molecule has 1 rings (SSSR count). The first-order valence-corrected chi connectivity index (χ1v) is 5.13. The van der Waals surface area contributed by atoms with E-state index in [1.165, 1.54) is 0 Å². The smallest absolute Gasteiger partial charge is 0.411 e. The molecule has 0 atom stereocenters. The lowest BCUT2D eigenvalue weighted by molar-refractivity contribution is 0.107. The minimum Gasteiger partial charge on any atom is -0.447 e. The van der Waals surface area contributed by atoms with Gasteiger partial charge in [0.05, 0.1) is 6.61 Å². The third kappa shape index (κ3) is 3.90. The van der Waals surface area contributed by atoms with E-state index in [4.69, 9.17) is 9.47 Å². The molecule has 0 spiro atoms. The maximum absolute atomic E-state index is 11.3. The zero-order valence-electron chi connectivity index (χ0n) is 9.87. The Morgan fingerprint density at radius 2 is 2.06 bits per heavy atom. The minimum absolute atomic E-state index is 0.257. The summed E-state index contributed by atoms with van der Waals surface area (Å²) in [5.41, 5.74) is 2.95. The molecule has 4 heteroatoms. The lowest BCUT2D eigenvalue weighted by atomic mass is 10.1. The molecule has 1 N–H and O–H groups in total. The number of hydrogen-bond donors (Lipinski definition) is 1. The van der Waals surface area contributed by atoms with Crippen LogP contribution in [0.25, 0.3) is 0 Å². The number of carbonyl (C=O) groups excluding carboxylic acids is 1. The van der Waals surface area contributed by atoms with Crippen LogP contribution in [0.1, 0.15) is 11.1 Å². The highest BCUT2D eigenvalue weighted by Gasteiger charge is 2.04. The number of aryl methyl sites for hydroxylation is 2. The monoisotopic (exact) mass is 223 g/mol. The highest BCUT2D eigenvalue weighted by atomic mass is 16.6. The zero-order valence-corrected chi connectivity index (χ0v) is 9.87. The molecule has 0 saturated heterocycles. The summed E-state index contributed by atoms with van der Waals surface area (Å²) in [7, 11) is 1.56. The molecule has 0 fully saturated rings. The number of amides is 1. The second kappa shape index (κ2) is 6.12. The Morgan fingerprint density at radius 1 is 1.31 bits per heavy atom. The molecule has 1 aromatic carbocycles. The minimum atomic E-state index is -0.455. The Labute approximate surface area is 95.6 Å². The van der Waals surface area contributed by atoms with Gasteiger partial charge in [-0.1, -0.05) is 17.7 Å². The van der Waals surface area contributed by atoms with E-state index < -0.39 is 6.09 Å². The second-order valence-corrected chi connectivity index (χ2v) is 3.57. The average molecular weight is 223 g/mol. The second-order valence-electron chi connectivity index (χ2n) is 3.57. The molecule has 0 bridgehead atoms. The van der Waals surface area contributed by atoms with Crippen molar-refractivity contribution in [3.8, 4) is 0 Å². The molecular formula is C12H17NO3. The summed E-state index contributed by atoms with van der Waals surface area (Å²) in [5, 5.41) is 2.68. The molecule has 0 unspecified atom stereocenters. The lowest BCUT2D eigenvalue weighted by Gasteiger charge is -2.09. The van der Waals surface area contributed by atoms with Crippen LogP contribution in [0.2, 0.25) is 0 Å². The Balaban J connectivity index is 2.49. The predicted molar refractivity (Wildman–Crippen MR) is 62.8 cm³/mol. The van der Waals surface area contributed by atoms with Crippen molar-refractivity contribution in [3.05, 3.63) is 29.3 Å². The first-order valence-electron chi connectivity index (χ1n) is 5.13. The van der Waals surface area contributed by atoms with Crippen molar-refractivity contribution in [3.63, 3.8) is 0 Å². The van der Waals surface area contributed by atoms with E-state index >= 15 is 0 Å². The number of rotatable bonds is 4. The van der Waals surface area contributed by atoms with E-state index in [1.54, 1.807) is 7.11 Å². The van der Waals surface area contributed by atoms with Crippen molar-refractivity contribution in [2.24, 2.45) is 0 Å². The van der Waals surface area contributed by atoms with Crippen molar-refractivity contribution < 1.29 is 14.3 Å². The normalized spacial score (nSPS) is 9.94. The SMILES string of the molecule is COCCOC(=O)Nc1ccc(C)cc1C. The van der Waals surface area contributed by atoms with E-state index in [-0.39, 0.29) is 6.61 Å². The van der Waals surface area contributed by atoms with Crippen LogP contribution in [0.3, 0.4) is 0 Å². The van der Waals surface area contributed by atoms with Crippen molar-refractivity contribution in [2.75, 3.05) is 25.6 Å². The molecule has 1 amide bonds. The predicted octanol–water partition coefficient (Wildman–Crippen LogP) is 2.50. The van der Waals surface area contributed by atoms with Crippen molar-refractivity contribution >= 4 is 11.8 Å². The number of nitrogens with one attached hydrogen (secondary N) is 1. The maximum atomic E-state index is 11.3. The van der Waals surface area contributed by atoms with Gasteiger partial charge in [-0.2, -0.15) is 0 Å². The van der Waals surface area contributed by atoms with E-state index in [0.29, 0.717) is 6.61 Å². The summed E-state index contributed by atoms with van der Waals surface area (Å²) in [4.78, 5) is 11.3. The molecular weight excluding hydrogens is 206 g/mol. The molecule has 0 aromatic heterocycles. The van der Waals surface area contributed by atoms with Gasteiger partial charge >= 0.3 is 6.09 Å². The fourth-order valence-corrected chi connectivity index (χ4v) is 1.32. The Bertz CT molecular complexity index is 363. The number of anilines is 1. The van der Waals surface area contributed by atoms with Gasteiger partial charge in [-0.05, 0) is 25.5 Å². The largest absolute Gasteiger partial charge is 0.447 e. The summed E-state index contributed by atoms with van der Waals surface area (Å²) in [5.74, 6) is 0. The summed E-state index contributed by atoms with van der Waals surface area (Å²) in [6.07, 6.45) is -0.455. The van der Waals surface area contributed by atoms with Crippen LogP contribution in [0.5, 0.6) is 0 Å². The van der Waals surface area contributed by atoms with Crippen LogP contribution in [0.4, 0.5) is 10.5 Å². The van der Waals surface area contributed by atoms with E-state index in [0.717, 1.165) is 16.8 Å². The van der Waals surface area contributed by atoms with Crippen LogP contribution < -0.4 is 5.32 Å². The fraction of sp³-hybridized carbons (Fsp3) is 0.417. The number of ether oxygens (including phenoxy) is 2. The van der Waals surface area contributed by atoms with E-state index in [1.807, 2.05) is 32.0 Å². The summed E-state index contributed by atoms with van der Waals surface area (Å²) in [6.45, 7) is 4.61. The molecule has 0 aliphatic heterocycles. The highest BCUT2D eigenvalue weighted by molar-refractivity contribution is 5.85. The van der Waals surface area contributed by atoms with Gasteiger partial charge in [0.15, 0.2) is 0 Å². The first-order chi connectivity index (χ1) is 7.63. The molecule has 0 saturated carbocycles. The number of hydrogen-bond acceptors (Lipinski definition) is 3. The fourth-order valence-electron chi connectivity index (χ4n) is 1.32. The summed E-state index contributed by atoms with van der Waals surface area (Å²) in [6, 6.07) is 5.81. The molecule has 88 valence electrons. The average Bonchev–Trinajstić information content (AvgIpc) is 2.23. The van der Waals surface area contributed by atoms with Gasteiger partial charge in [0.25, 0.3) is 0 Å². The Kier molecular flexibility index (Phi) is 4.79. The molecule has 0 aliphatic carbocycles. The van der Waals surface area contributed by atoms with Gasteiger partial charge in [-0.15, -0.1) is 0 Å². The standard InChI is InChI=1S/C12H17NO3/c1-9-4-5-11(10(2)8-9)13-12(14)16-7-6-15-3/h4-5,8H,6-7H2,1-3H3,(H,13,14). The van der Waals surface area contributed by atoms with E-state index in [2.05, 4.69) is 5.32 Å². The van der Waals surface area contributed by atoms with Gasteiger partial charge in [-0.25, -0.2) is 4.79 Å². The zero-order chi connectivity index (χ0) is 12.0. The van der Waals surface area contributed by atoms with Gasteiger partial charge < -0.3 is 9.47 Å². The molecule has 0 aliphatic rings. The van der Waals surface area contributed by atoms with Crippen LogP contribution in [-0.4, -0.2) is 26.4 Å². The van der Waals surface area contributed by atoms with Crippen molar-refractivity contribution in [1.29, 1.82) is 0 Å². The molecule has 1 aromatic rings. The first kappa shape index (κ1) is 12.5. The van der Waals surface area contributed by atoms with E-state index in [9.17, 15) is 4.79 Å². The Hall–Kier alpha value is -1.55. The highest BCUT2D eigenvalue weighted by Crippen LogP contribution is 2.15. The molecule has 4 nitrogen and oxygen atoms in total. The van der Waals surface area contributed by atoms with Gasteiger partial charge in [0, 0.05) is 12.8 Å². The summed E-state index contributed by atoms with van der Waals surface area (Å²) >= 11 is 0. The van der Waals surface area contributed by atoms with Crippen LogP contribution in [-0.2, 0) is 9.47 Å². The van der Waals surface area contributed by atoms with Crippen LogP contribution in [0, 0.1) is 13.8 Å². The molecule has 16 heavy (non-hydrogen) atoms. The van der Waals surface area contributed by atoms with Crippen LogP contribution >= 0.6 is 0 Å². The molecule has 0 radical (unpaired) electrons. The van der Waals surface area contributed by atoms with Gasteiger partial charge in [-0.3, -0.25) is 5.32 Å². The summed E-state index contributed by atoms with van der Waals surface area (Å²) < 4.78 is 9.67. The Morgan fingerprint density at radius 3 is 2.69 bits per heavy atom. The quantitative estimate of drug-likeness (QED) is 0.798. The van der Waals surface area contributed by atoms with Gasteiger partial charge in [0.1, 0.15) is 6.61 Å². The van der Waals surface area contributed by atoms with Crippen molar-refractivity contribution in [2.45, 2.75) is 13.8 Å². The van der Waals surface area contributed by atoms with Crippen molar-refractivity contribution in [1.82, 2.24) is 0 Å². The number of carbonyl (C=O) groups is 1. The topological polar surface area (TPSA) is 47.6 Å². The van der Waals surface area contributed by atoms with Crippen LogP contribution in [0.15, 0.2) is 18.2 Å². The maximum Gasteiger partial charge on any atom is 0.411 e. The third-order valence-corrected chi connectivity index (χ3v) is 2.14. The molecule has 0 heterocycles. The number of methoxy groups -OCH3 is 1. The number of benzene rings is 1. The lowest BCUT2D eigenvalue weighted by Crippen LogP contribution is -2.16.